The fraction of sp³-hybridized carbons (Fsp3) is 0.548. The van der Waals surface area contributed by atoms with E-state index in [2.05, 4.69) is 27.4 Å². The molecular formula is C31H47ClO3SSi. The van der Waals surface area contributed by atoms with Gasteiger partial charge in [0, 0.05) is 2.74 Å². The SMILES string of the molecule is [3H]CC(C=C)(C[3H])[SiH2]OCC=C(C)CCC(Cl)C(C)=CC(C1=C(C)CCCC1(C)C)S(=O)(=O)c1ccccc1. The van der Waals surface area contributed by atoms with Crippen molar-refractivity contribution >= 4 is 31.2 Å². The summed E-state index contributed by atoms with van der Waals surface area (Å²) >= 11 is 6.86. The van der Waals surface area contributed by atoms with Crippen molar-refractivity contribution in [1.82, 2.24) is 0 Å². The molecule has 2 atom stereocenters. The summed E-state index contributed by atoms with van der Waals surface area (Å²) in [5.41, 5.74) is 4.00. The Balaban J connectivity index is 2.21. The molecule has 1 aromatic carbocycles. The first kappa shape index (κ1) is 28.6. The molecule has 1 aliphatic carbocycles. The highest BCUT2D eigenvalue weighted by molar-refractivity contribution is 7.92. The van der Waals surface area contributed by atoms with Crippen LogP contribution in [0.1, 0.15) is 83.3 Å². The predicted molar refractivity (Wildman–Crippen MR) is 163 cm³/mol. The zero-order valence-electron chi connectivity index (χ0n) is 25.4. The van der Waals surface area contributed by atoms with Crippen molar-refractivity contribution in [2.45, 2.75) is 101 Å². The molecule has 0 aromatic heterocycles. The van der Waals surface area contributed by atoms with Crippen LogP contribution >= 0.6 is 11.6 Å². The van der Waals surface area contributed by atoms with Gasteiger partial charge >= 0.3 is 0 Å². The minimum atomic E-state index is -3.65. The summed E-state index contributed by atoms with van der Waals surface area (Å²) in [5, 5.41) is -1.52. The molecule has 3 nitrogen and oxygen atoms in total. The normalized spacial score (nSPS) is 20.1. The second-order valence-electron chi connectivity index (χ2n) is 11.3. The molecule has 206 valence electrons. The molecule has 0 saturated carbocycles. The van der Waals surface area contributed by atoms with E-state index in [0.717, 1.165) is 42.4 Å². The van der Waals surface area contributed by atoms with Gasteiger partial charge in [-0.15, -0.1) is 18.2 Å². The van der Waals surface area contributed by atoms with Crippen LogP contribution in [0.2, 0.25) is 5.04 Å². The number of halogens is 1. The summed E-state index contributed by atoms with van der Waals surface area (Å²) in [4.78, 5) is 0.338. The standard InChI is InChI=1S/C31H47ClO3SSi/c1-9-31(7,8)37-35-21-19-23(2)17-18-27(32)25(4)22-28(29-24(3)14-13-20-30(29,5)6)36(33,34)26-15-11-10-12-16-26/h9-12,15-16,19,22,27-28H,1,13-14,17-18,20-21,37H2,2-8H3/i7T,8T. The van der Waals surface area contributed by atoms with Crippen LogP contribution < -0.4 is 0 Å². The number of rotatable bonds is 13. The summed E-state index contributed by atoms with van der Waals surface area (Å²) in [7, 11) is -4.72. The third kappa shape index (κ3) is 9.09. The van der Waals surface area contributed by atoms with Crippen molar-refractivity contribution in [1.29, 1.82) is 0 Å². The van der Waals surface area contributed by atoms with Crippen LogP contribution in [0.5, 0.6) is 0 Å². The van der Waals surface area contributed by atoms with Crippen LogP contribution in [0.4, 0.5) is 0 Å². The summed E-state index contributed by atoms with van der Waals surface area (Å²) < 4.78 is 49.3. The van der Waals surface area contributed by atoms with Gasteiger partial charge in [-0.1, -0.05) is 80.8 Å². The Kier molecular flexibility index (Phi) is 10.5. The smallest absolute Gasteiger partial charge is 0.188 e. The Morgan fingerprint density at radius 1 is 1.30 bits per heavy atom. The highest BCUT2D eigenvalue weighted by Gasteiger charge is 2.39. The molecule has 0 amide bonds. The van der Waals surface area contributed by atoms with Crippen molar-refractivity contribution in [3.05, 3.63) is 77.4 Å². The third-order valence-electron chi connectivity index (χ3n) is 7.31. The van der Waals surface area contributed by atoms with E-state index in [1.165, 1.54) is 5.57 Å². The van der Waals surface area contributed by atoms with E-state index in [0.29, 0.717) is 17.9 Å². The highest BCUT2D eigenvalue weighted by atomic mass is 35.5. The molecule has 0 radical (unpaired) electrons. The summed E-state index contributed by atoms with van der Waals surface area (Å²) in [6.07, 6.45) is 10.1. The second-order valence-corrected chi connectivity index (χ2v) is 16.0. The van der Waals surface area contributed by atoms with Crippen molar-refractivity contribution in [3.63, 3.8) is 0 Å². The largest absolute Gasteiger partial charge is 0.419 e. The van der Waals surface area contributed by atoms with Gasteiger partial charge in [-0.3, -0.25) is 0 Å². The van der Waals surface area contributed by atoms with Gasteiger partial charge < -0.3 is 4.43 Å². The summed E-state index contributed by atoms with van der Waals surface area (Å²) in [6, 6.07) is 8.75. The average molecular weight is 567 g/mol. The number of benzene rings is 1. The summed E-state index contributed by atoms with van der Waals surface area (Å²) in [5.74, 6) is 0. The van der Waals surface area contributed by atoms with E-state index in [4.69, 9.17) is 18.8 Å². The monoisotopic (exact) mass is 566 g/mol. The van der Waals surface area contributed by atoms with Gasteiger partial charge in [-0.05, 0) is 81.0 Å². The molecule has 2 unspecified atom stereocenters. The fourth-order valence-corrected chi connectivity index (χ4v) is 7.90. The highest BCUT2D eigenvalue weighted by Crippen LogP contribution is 2.45. The number of alkyl halides is 1. The van der Waals surface area contributed by atoms with Gasteiger partial charge in [-0.2, -0.15) is 0 Å². The molecule has 1 aliphatic rings. The molecule has 0 saturated heterocycles. The van der Waals surface area contributed by atoms with Crippen LogP contribution in [-0.2, 0) is 14.3 Å². The van der Waals surface area contributed by atoms with Crippen molar-refractivity contribution < 1.29 is 15.6 Å². The fourth-order valence-electron chi connectivity index (χ4n) is 4.90. The predicted octanol–water partition coefficient (Wildman–Crippen LogP) is 8.12. The van der Waals surface area contributed by atoms with Crippen LogP contribution in [-0.4, -0.2) is 35.4 Å². The number of sulfone groups is 1. The molecule has 2 rings (SSSR count). The van der Waals surface area contributed by atoms with Gasteiger partial charge in [0.15, 0.2) is 19.6 Å². The van der Waals surface area contributed by atoms with E-state index >= 15 is 0 Å². The molecule has 0 spiro atoms. The first-order valence-electron chi connectivity index (χ1n) is 14.5. The number of allylic oxidation sites excluding steroid dienone is 4. The van der Waals surface area contributed by atoms with Gasteiger partial charge in [-0.25, -0.2) is 8.42 Å². The van der Waals surface area contributed by atoms with E-state index < -0.39 is 29.9 Å². The molecule has 0 heterocycles. The van der Waals surface area contributed by atoms with E-state index in [9.17, 15) is 8.42 Å². The zero-order valence-corrected chi connectivity index (χ0v) is 26.3. The Bertz CT molecular complexity index is 1160. The maximum atomic E-state index is 14.0. The first-order valence-corrected chi connectivity index (χ1v) is 16.4. The van der Waals surface area contributed by atoms with E-state index in [1.807, 2.05) is 32.1 Å². The Labute approximate surface area is 236 Å². The molecule has 0 bridgehead atoms. The third-order valence-corrected chi connectivity index (χ3v) is 11.1. The number of hydrogen-bond acceptors (Lipinski definition) is 3. The van der Waals surface area contributed by atoms with E-state index in [1.54, 1.807) is 30.3 Å². The lowest BCUT2D eigenvalue weighted by atomic mass is 9.71. The van der Waals surface area contributed by atoms with Crippen LogP contribution in [0.3, 0.4) is 0 Å². The maximum absolute atomic E-state index is 14.0. The summed E-state index contributed by atoms with van der Waals surface area (Å²) in [6.45, 7) is 14.9. The molecule has 0 aliphatic heterocycles. The Hall–Kier alpha value is -1.40. The molecule has 0 fully saturated rings. The van der Waals surface area contributed by atoms with Crippen molar-refractivity contribution in [2.75, 3.05) is 6.61 Å². The first-order chi connectivity index (χ1) is 18.3. The van der Waals surface area contributed by atoms with Crippen LogP contribution in [0.15, 0.2) is 82.3 Å². The molecule has 37 heavy (non-hydrogen) atoms. The minimum absolute atomic E-state index is 0.142. The molecule has 0 N–H and O–H groups in total. The molecule has 1 aromatic rings. The van der Waals surface area contributed by atoms with E-state index in [-0.39, 0.29) is 24.6 Å². The van der Waals surface area contributed by atoms with Gasteiger partial charge in [0.1, 0.15) is 5.25 Å². The zero-order chi connectivity index (χ0) is 29.3. The Morgan fingerprint density at radius 2 is 1.97 bits per heavy atom. The number of hydrogen-bond donors (Lipinski definition) is 0. The minimum Gasteiger partial charge on any atom is -0.419 e. The van der Waals surface area contributed by atoms with Crippen LogP contribution in [0.25, 0.3) is 0 Å². The quantitative estimate of drug-likeness (QED) is 0.105. The van der Waals surface area contributed by atoms with Gasteiger partial charge in [0.05, 0.1) is 16.9 Å². The van der Waals surface area contributed by atoms with Gasteiger partial charge in [0.2, 0.25) is 0 Å². The maximum Gasteiger partial charge on any atom is 0.188 e. The second kappa shape index (κ2) is 13.6. The topological polar surface area (TPSA) is 43.4 Å². The van der Waals surface area contributed by atoms with Crippen molar-refractivity contribution in [3.8, 4) is 0 Å². The Morgan fingerprint density at radius 3 is 2.57 bits per heavy atom. The lowest BCUT2D eigenvalue weighted by molar-refractivity contribution is 0.360. The lowest BCUT2D eigenvalue weighted by Gasteiger charge is -2.38. The van der Waals surface area contributed by atoms with Gasteiger partial charge in [0.25, 0.3) is 0 Å². The molecular weight excluding hydrogens is 516 g/mol. The average Bonchev–Trinajstić information content (AvgIpc) is 2.91. The van der Waals surface area contributed by atoms with Crippen LogP contribution in [0, 0.1) is 5.41 Å². The van der Waals surface area contributed by atoms with Crippen molar-refractivity contribution in [2.24, 2.45) is 5.41 Å². The lowest BCUT2D eigenvalue weighted by Crippen LogP contribution is -2.34. The molecule has 6 heteroatoms.